The van der Waals surface area contributed by atoms with Crippen molar-refractivity contribution in [3.05, 3.63) is 88.9 Å². The quantitative estimate of drug-likeness (QED) is 0.406. The minimum atomic E-state index is -1.10. The zero-order chi connectivity index (χ0) is 28.7. The number of aryl methyl sites for hydroxylation is 2. The molecule has 1 N–H and O–H groups in total. The first-order valence-corrected chi connectivity index (χ1v) is 14.2. The molecular weight excluding hydrogens is 520 g/mol. The summed E-state index contributed by atoms with van der Waals surface area (Å²) in [6.45, 7) is 1.95. The van der Waals surface area contributed by atoms with Crippen molar-refractivity contribution in [2.24, 2.45) is 20.0 Å². The van der Waals surface area contributed by atoms with Crippen molar-refractivity contribution >= 4 is 22.8 Å². The van der Waals surface area contributed by atoms with E-state index >= 15 is 0 Å². The molecule has 2 saturated heterocycles. The van der Waals surface area contributed by atoms with Crippen molar-refractivity contribution in [2.75, 3.05) is 26.2 Å². The van der Waals surface area contributed by atoms with E-state index in [1.165, 1.54) is 10.9 Å². The molecule has 2 aliphatic heterocycles. The molecule has 0 saturated carbocycles. The van der Waals surface area contributed by atoms with Gasteiger partial charge in [-0.2, -0.15) is 0 Å². The lowest BCUT2D eigenvalue weighted by molar-refractivity contribution is -0.142. The van der Waals surface area contributed by atoms with E-state index in [0.717, 1.165) is 5.56 Å². The van der Waals surface area contributed by atoms with Crippen molar-refractivity contribution in [2.45, 2.75) is 37.3 Å². The van der Waals surface area contributed by atoms with Crippen molar-refractivity contribution in [3.63, 3.8) is 0 Å². The Balaban J connectivity index is 1.15. The van der Waals surface area contributed by atoms with Crippen molar-refractivity contribution in [1.82, 2.24) is 28.5 Å². The van der Waals surface area contributed by atoms with Crippen molar-refractivity contribution in [1.29, 1.82) is 0 Å². The maximum atomic E-state index is 13.9. The number of nitrogens with zero attached hydrogens (tertiary/aromatic N) is 6. The lowest BCUT2D eigenvalue weighted by Gasteiger charge is -2.43. The Morgan fingerprint density at radius 2 is 1.71 bits per heavy atom. The molecule has 214 valence electrons. The fourth-order valence-corrected chi connectivity index (χ4v) is 6.46. The van der Waals surface area contributed by atoms with Gasteiger partial charge in [-0.3, -0.25) is 19.0 Å². The van der Waals surface area contributed by atoms with Crippen LogP contribution in [0.3, 0.4) is 0 Å². The molecule has 0 aliphatic carbocycles. The van der Waals surface area contributed by atoms with E-state index in [9.17, 15) is 19.5 Å². The first-order valence-electron chi connectivity index (χ1n) is 14.2. The molecule has 2 aliphatic rings. The fraction of sp³-hybridized carbons (Fsp3) is 0.419. The maximum absolute atomic E-state index is 13.9. The molecule has 0 unspecified atom stereocenters. The highest BCUT2D eigenvalue weighted by atomic mass is 16.3. The minimum absolute atomic E-state index is 0.0224. The monoisotopic (exact) mass is 556 g/mol. The Labute approximate surface area is 238 Å². The molecule has 1 aromatic carbocycles. The number of hydrogen-bond donors (Lipinski definition) is 1. The van der Waals surface area contributed by atoms with Gasteiger partial charge in [0.15, 0.2) is 0 Å². The van der Waals surface area contributed by atoms with Crippen LogP contribution >= 0.6 is 0 Å². The summed E-state index contributed by atoms with van der Waals surface area (Å²) >= 11 is 0. The van der Waals surface area contributed by atoms with Gasteiger partial charge in [0.25, 0.3) is 11.5 Å². The Morgan fingerprint density at radius 1 is 0.951 bits per heavy atom. The van der Waals surface area contributed by atoms with Crippen LogP contribution in [0.4, 0.5) is 0 Å². The van der Waals surface area contributed by atoms with Crippen LogP contribution in [0.1, 0.15) is 41.2 Å². The number of aliphatic hydroxyl groups is 1. The van der Waals surface area contributed by atoms with Crippen LogP contribution in [0.15, 0.2) is 72.0 Å². The van der Waals surface area contributed by atoms with E-state index in [2.05, 4.69) is 4.98 Å². The average Bonchev–Trinajstić information content (AvgIpc) is 3.59. The van der Waals surface area contributed by atoms with Crippen LogP contribution in [-0.4, -0.2) is 77.2 Å². The molecule has 10 heteroatoms. The summed E-state index contributed by atoms with van der Waals surface area (Å²) in [5, 5.41) is 11.9. The molecule has 0 spiro atoms. The third-order valence-electron chi connectivity index (χ3n) is 8.93. The smallest absolute Gasteiger partial charge is 0.270 e. The van der Waals surface area contributed by atoms with E-state index in [0.29, 0.717) is 62.2 Å². The molecule has 4 aromatic rings. The molecule has 6 rings (SSSR count). The van der Waals surface area contributed by atoms with Gasteiger partial charge in [-0.15, -0.1) is 0 Å². The van der Waals surface area contributed by atoms with Crippen LogP contribution in [-0.2, 0) is 25.4 Å². The molecule has 2 atom stereocenters. The maximum Gasteiger partial charge on any atom is 0.270 e. The lowest BCUT2D eigenvalue weighted by Crippen LogP contribution is -2.53. The topological polar surface area (TPSA) is 106 Å². The summed E-state index contributed by atoms with van der Waals surface area (Å²) < 4.78 is 5.10. The van der Waals surface area contributed by atoms with E-state index in [4.69, 9.17) is 0 Å². The summed E-state index contributed by atoms with van der Waals surface area (Å²) in [5.74, 6) is -0.333. The molecule has 5 heterocycles. The number of piperidine rings is 2. The predicted molar refractivity (Wildman–Crippen MR) is 154 cm³/mol. The summed E-state index contributed by atoms with van der Waals surface area (Å²) in [5.41, 5.74) is 1.02. The van der Waals surface area contributed by atoms with Crippen molar-refractivity contribution in [3.8, 4) is 0 Å². The number of hydrogen-bond acceptors (Lipinski definition) is 5. The number of likely N-dealkylation sites (tertiary alicyclic amines) is 2. The Morgan fingerprint density at radius 3 is 2.41 bits per heavy atom. The second-order valence-electron chi connectivity index (χ2n) is 11.6. The molecule has 0 radical (unpaired) electrons. The van der Waals surface area contributed by atoms with Crippen molar-refractivity contribution < 1.29 is 14.7 Å². The molecular formula is C31H36N6O4. The number of aromatic nitrogens is 4. The summed E-state index contributed by atoms with van der Waals surface area (Å²) in [4.78, 5) is 48.3. The molecule has 0 bridgehead atoms. The zero-order valence-electron chi connectivity index (χ0n) is 23.5. The largest absolute Gasteiger partial charge is 0.388 e. The summed E-state index contributed by atoms with van der Waals surface area (Å²) in [6, 6.07) is 15.4. The molecule has 2 fully saturated rings. The molecule has 3 aromatic heterocycles. The number of rotatable bonds is 5. The second kappa shape index (κ2) is 10.7. The van der Waals surface area contributed by atoms with E-state index < -0.39 is 5.60 Å². The number of carbonyl (C=O) groups is 2. The van der Waals surface area contributed by atoms with Crippen LogP contribution < -0.4 is 5.56 Å². The van der Waals surface area contributed by atoms with E-state index in [1.807, 2.05) is 77.1 Å². The van der Waals surface area contributed by atoms with Gasteiger partial charge in [0, 0.05) is 64.5 Å². The second-order valence-corrected chi connectivity index (χ2v) is 11.6. The number of benzene rings is 1. The van der Waals surface area contributed by atoms with Gasteiger partial charge in [0.2, 0.25) is 5.91 Å². The molecule has 41 heavy (non-hydrogen) atoms. The third kappa shape index (κ3) is 5.08. The lowest BCUT2D eigenvalue weighted by atomic mass is 9.79. The van der Waals surface area contributed by atoms with Gasteiger partial charge in [-0.05, 0) is 43.0 Å². The van der Waals surface area contributed by atoms with E-state index in [1.54, 1.807) is 16.8 Å². The average molecular weight is 557 g/mol. The third-order valence-corrected chi connectivity index (χ3v) is 8.93. The standard InChI is InChI=1S/C31H36N6O4/c1-33-14-6-9-26(33)30(40)36-16-11-23(25(19-36)22-7-4-3-5-8-22)28(38)35-17-12-31(41,13-18-35)20-37-21-32-27-24(29(37)39)10-15-34(27)2/h3-10,14-15,21,23,25,41H,11-13,16-20H2,1-2H3/t23-,25+/m1/s1. The first-order chi connectivity index (χ1) is 19.7. The Bertz CT molecular complexity index is 1630. The predicted octanol–water partition coefficient (Wildman–Crippen LogP) is 2.37. The van der Waals surface area contributed by atoms with Gasteiger partial charge >= 0.3 is 0 Å². The zero-order valence-corrected chi connectivity index (χ0v) is 23.5. The number of fused-ring (bicyclic) bond motifs is 1. The van der Waals surface area contributed by atoms with E-state index in [-0.39, 0.29) is 35.8 Å². The highest BCUT2D eigenvalue weighted by Crippen LogP contribution is 2.36. The van der Waals surface area contributed by atoms with Gasteiger partial charge in [-0.1, -0.05) is 30.3 Å². The van der Waals surface area contributed by atoms with Crippen LogP contribution in [0.5, 0.6) is 0 Å². The highest BCUT2D eigenvalue weighted by molar-refractivity contribution is 5.93. The molecule has 10 nitrogen and oxygen atoms in total. The summed E-state index contributed by atoms with van der Waals surface area (Å²) in [7, 11) is 3.70. The number of amides is 2. The Kier molecular flexibility index (Phi) is 7.03. The molecule has 2 amide bonds. The van der Waals surface area contributed by atoms with Gasteiger partial charge in [0.1, 0.15) is 17.7 Å². The van der Waals surface area contributed by atoms with Gasteiger partial charge in [-0.25, -0.2) is 4.98 Å². The number of carbonyl (C=O) groups excluding carboxylic acids is 2. The van der Waals surface area contributed by atoms with Crippen LogP contribution in [0.25, 0.3) is 11.0 Å². The minimum Gasteiger partial charge on any atom is -0.388 e. The first kappa shape index (κ1) is 27.0. The SMILES string of the molecule is Cn1cccc1C(=O)N1CC[C@@H](C(=O)N2CCC(O)(Cn3cnc4c(ccn4C)c3=O)CC2)[C@H](c2ccccc2)C1. The fourth-order valence-electron chi connectivity index (χ4n) is 6.46. The summed E-state index contributed by atoms with van der Waals surface area (Å²) in [6.07, 6.45) is 6.48. The Hall–Kier alpha value is -4.18. The van der Waals surface area contributed by atoms with Crippen LogP contribution in [0, 0.1) is 5.92 Å². The highest BCUT2D eigenvalue weighted by Gasteiger charge is 2.42. The van der Waals surface area contributed by atoms with Gasteiger partial charge in [0.05, 0.1) is 17.5 Å². The van der Waals surface area contributed by atoms with Gasteiger partial charge < -0.3 is 24.0 Å². The van der Waals surface area contributed by atoms with Crippen LogP contribution in [0.2, 0.25) is 0 Å². The normalized spacial score (nSPS) is 20.9.